The molecule has 0 saturated carbocycles. The Bertz CT molecular complexity index is 586. The van der Waals surface area contributed by atoms with Crippen LogP contribution in [0.2, 0.25) is 0 Å². The molecule has 1 aromatic carbocycles. The van der Waals surface area contributed by atoms with Gasteiger partial charge >= 0.3 is 0 Å². The van der Waals surface area contributed by atoms with Gasteiger partial charge in [-0.3, -0.25) is 0 Å². The van der Waals surface area contributed by atoms with E-state index in [1.807, 2.05) is 6.92 Å². The highest BCUT2D eigenvalue weighted by atomic mass is 19.1. The van der Waals surface area contributed by atoms with Gasteiger partial charge in [0, 0.05) is 12.0 Å². The van der Waals surface area contributed by atoms with Gasteiger partial charge in [0.1, 0.15) is 17.2 Å². The highest BCUT2D eigenvalue weighted by Gasteiger charge is 2.33. The number of hydrogen-bond donors (Lipinski definition) is 1. The smallest absolute Gasteiger partial charge is 0.134 e. The maximum absolute atomic E-state index is 13.2. The number of halogens is 1. The van der Waals surface area contributed by atoms with E-state index in [4.69, 9.17) is 14.9 Å². The topological polar surface area (TPSA) is 48.4 Å². The largest absolute Gasteiger partial charge is 0.459 e. The maximum atomic E-state index is 13.2. The van der Waals surface area contributed by atoms with Crippen molar-refractivity contribution in [2.24, 2.45) is 11.1 Å². The Morgan fingerprint density at radius 3 is 2.60 bits per heavy atom. The Balaban J connectivity index is 2.35. The predicted octanol–water partition coefficient (Wildman–Crippen LogP) is 4.02. The fourth-order valence-electron chi connectivity index (χ4n) is 2.42. The van der Waals surface area contributed by atoms with Gasteiger partial charge in [0.25, 0.3) is 0 Å². The maximum Gasteiger partial charge on any atom is 0.134 e. The lowest BCUT2D eigenvalue weighted by Gasteiger charge is -2.33. The van der Waals surface area contributed by atoms with Gasteiger partial charge in [0.05, 0.1) is 12.1 Å². The van der Waals surface area contributed by atoms with Gasteiger partial charge in [-0.1, -0.05) is 20.8 Å². The van der Waals surface area contributed by atoms with Crippen LogP contribution in [0.15, 0.2) is 28.7 Å². The summed E-state index contributed by atoms with van der Waals surface area (Å²) < 4.78 is 24.7. The minimum atomic E-state index is -0.384. The van der Waals surface area contributed by atoms with E-state index in [0.29, 0.717) is 18.0 Å². The fourth-order valence-corrected chi connectivity index (χ4v) is 2.42. The van der Waals surface area contributed by atoms with E-state index in [9.17, 15) is 4.39 Å². The summed E-state index contributed by atoms with van der Waals surface area (Å²) in [4.78, 5) is 0. The van der Waals surface area contributed by atoms with E-state index in [1.54, 1.807) is 12.1 Å². The van der Waals surface area contributed by atoms with E-state index in [0.717, 1.165) is 5.39 Å². The number of fused-ring (bicyclic) bond motifs is 1. The molecule has 3 nitrogen and oxygen atoms in total. The standard InChI is InChI=1S/C16H22FNO2/c1-5-19-15(16(2,3)4)14(18)13-9-10-8-11(17)6-7-12(10)20-13/h6-9,14-15H,5,18H2,1-4H3. The van der Waals surface area contributed by atoms with Crippen molar-refractivity contribution in [3.63, 3.8) is 0 Å². The molecule has 0 aliphatic carbocycles. The molecule has 4 heteroatoms. The SMILES string of the molecule is CCOC(C(N)c1cc2cc(F)ccc2o1)C(C)(C)C. The Labute approximate surface area is 118 Å². The monoisotopic (exact) mass is 279 g/mol. The molecule has 0 aliphatic heterocycles. The molecule has 0 fully saturated rings. The summed E-state index contributed by atoms with van der Waals surface area (Å²) in [5.41, 5.74) is 6.83. The summed E-state index contributed by atoms with van der Waals surface area (Å²) in [7, 11) is 0. The van der Waals surface area contributed by atoms with Crippen LogP contribution < -0.4 is 5.73 Å². The highest BCUT2D eigenvalue weighted by molar-refractivity contribution is 5.78. The van der Waals surface area contributed by atoms with Crippen molar-refractivity contribution in [3.8, 4) is 0 Å². The van der Waals surface area contributed by atoms with E-state index >= 15 is 0 Å². The first-order valence-electron chi connectivity index (χ1n) is 6.89. The molecule has 2 atom stereocenters. The van der Waals surface area contributed by atoms with Crippen molar-refractivity contribution >= 4 is 11.0 Å². The first kappa shape index (κ1) is 15.0. The minimum Gasteiger partial charge on any atom is -0.459 e. The van der Waals surface area contributed by atoms with Crippen LogP contribution in [0, 0.1) is 11.2 Å². The second kappa shape index (κ2) is 5.54. The lowest BCUT2D eigenvalue weighted by Crippen LogP contribution is -2.39. The third kappa shape index (κ3) is 3.02. The van der Waals surface area contributed by atoms with Crippen molar-refractivity contribution in [2.75, 3.05) is 6.61 Å². The molecular weight excluding hydrogens is 257 g/mol. The lowest BCUT2D eigenvalue weighted by atomic mass is 9.84. The van der Waals surface area contributed by atoms with Crippen LogP contribution in [0.4, 0.5) is 4.39 Å². The van der Waals surface area contributed by atoms with Crippen LogP contribution in [0.5, 0.6) is 0 Å². The third-order valence-corrected chi connectivity index (χ3v) is 3.35. The summed E-state index contributed by atoms with van der Waals surface area (Å²) in [6.07, 6.45) is -0.169. The second-order valence-corrected chi connectivity index (χ2v) is 6.10. The molecule has 0 saturated heterocycles. The lowest BCUT2D eigenvalue weighted by molar-refractivity contribution is -0.0319. The first-order chi connectivity index (χ1) is 9.32. The van der Waals surface area contributed by atoms with Crippen LogP contribution in [-0.2, 0) is 4.74 Å². The molecule has 0 spiro atoms. The molecule has 0 aliphatic rings. The highest BCUT2D eigenvalue weighted by Crippen LogP contribution is 2.33. The van der Waals surface area contributed by atoms with Crippen molar-refractivity contribution in [1.82, 2.24) is 0 Å². The zero-order valence-corrected chi connectivity index (χ0v) is 12.4. The average Bonchev–Trinajstić information content (AvgIpc) is 2.76. The molecular formula is C16H22FNO2. The van der Waals surface area contributed by atoms with E-state index in [2.05, 4.69) is 20.8 Å². The molecule has 2 aromatic rings. The number of rotatable bonds is 4. The van der Waals surface area contributed by atoms with E-state index < -0.39 is 0 Å². The fraction of sp³-hybridized carbons (Fsp3) is 0.500. The molecule has 20 heavy (non-hydrogen) atoms. The molecule has 0 amide bonds. The van der Waals surface area contributed by atoms with Gasteiger partial charge in [0.2, 0.25) is 0 Å². The number of hydrogen-bond acceptors (Lipinski definition) is 3. The molecule has 1 heterocycles. The molecule has 2 rings (SSSR count). The van der Waals surface area contributed by atoms with Gasteiger partial charge in [-0.25, -0.2) is 4.39 Å². The van der Waals surface area contributed by atoms with Gasteiger partial charge in [-0.05, 0) is 36.6 Å². The normalized spacial score (nSPS) is 15.5. The molecule has 1 aromatic heterocycles. The van der Waals surface area contributed by atoms with E-state index in [1.165, 1.54) is 12.1 Å². The Morgan fingerprint density at radius 1 is 1.30 bits per heavy atom. The Morgan fingerprint density at radius 2 is 2.00 bits per heavy atom. The summed E-state index contributed by atoms with van der Waals surface area (Å²) in [6.45, 7) is 8.77. The third-order valence-electron chi connectivity index (χ3n) is 3.35. The molecule has 110 valence electrons. The Kier molecular flexibility index (Phi) is 4.16. The first-order valence-corrected chi connectivity index (χ1v) is 6.89. The van der Waals surface area contributed by atoms with Gasteiger partial charge in [-0.15, -0.1) is 0 Å². The van der Waals surface area contributed by atoms with Gasteiger partial charge in [0.15, 0.2) is 0 Å². The van der Waals surface area contributed by atoms with Crippen molar-refractivity contribution in [1.29, 1.82) is 0 Å². The molecule has 0 radical (unpaired) electrons. The molecule has 2 unspecified atom stereocenters. The number of benzene rings is 1. The molecule has 2 N–H and O–H groups in total. The van der Waals surface area contributed by atoms with Crippen LogP contribution in [0.1, 0.15) is 39.5 Å². The van der Waals surface area contributed by atoms with Crippen LogP contribution >= 0.6 is 0 Å². The summed E-state index contributed by atoms with van der Waals surface area (Å²) in [6, 6.07) is 5.85. The van der Waals surface area contributed by atoms with Crippen LogP contribution in [-0.4, -0.2) is 12.7 Å². The minimum absolute atomic E-state index is 0.111. The van der Waals surface area contributed by atoms with Crippen molar-refractivity contribution < 1.29 is 13.5 Å². The molecule has 0 bridgehead atoms. The van der Waals surface area contributed by atoms with E-state index in [-0.39, 0.29) is 23.4 Å². The van der Waals surface area contributed by atoms with Gasteiger partial charge in [-0.2, -0.15) is 0 Å². The van der Waals surface area contributed by atoms with Crippen molar-refractivity contribution in [3.05, 3.63) is 35.8 Å². The Hall–Kier alpha value is -1.39. The number of ether oxygens (including phenoxy) is 1. The zero-order chi connectivity index (χ0) is 14.9. The quantitative estimate of drug-likeness (QED) is 0.919. The van der Waals surface area contributed by atoms with Crippen LogP contribution in [0.3, 0.4) is 0 Å². The number of furan rings is 1. The van der Waals surface area contributed by atoms with Crippen molar-refractivity contribution in [2.45, 2.75) is 39.8 Å². The summed E-state index contributed by atoms with van der Waals surface area (Å²) in [5, 5.41) is 0.722. The van der Waals surface area contributed by atoms with Gasteiger partial charge < -0.3 is 14.9 Å². The summed E-state index contributed by atoms with van der Waals surface area (Å²) >= 11 is 0. The average molecular weight is 279 g/mol. The van der Waals surface area contributed by atoms with Crippen LogP contribution in [0.25, 0.3) is 11.0 Å². The number of nitrogens with two attached hydrogens (primary N) is 1. The summed E-state index contributed by atoms with van der Waals surface area (Å²) in [5.74, 6) is 0.342. The predicted molar refractivity (Wildman–Crippen MR) is 78.0 cm³/mol. The second-order valence-electron chi connectivity index (χ2n) is 6.10. The zero-order valence-electron chi connectivity index (χ0n) is 12.4.